The van der Waals surface area contributed by atoms with Gasteiger partial charge in [-0.1, -0.05) is 0 Å². The van der Waals surface area contributed by atoms with Crippen molar-refractivity contribution < 1.29 is 37.0 Å². The van der Waals surface area contributed by atoms with Gasteiger partial charge in [0.1, 0.15) is 11.8 Å². The summed E-state index contributed by atoms with van der Waals surface area (Å²) >= 11 is 0. The van der Waals surface area contributed by atoms with Crippen LogP contribution >= 0.6 is 0 Å². The van der Waals surface area contributed by atoms with Gasteiger partial charge in [0.05, 0.1) is 11.3 Å². The quantitative estimate of drug-likeness (QED) is 0.783. The monoisotopic (exact) mass is 424 g/mol. The molecule has 4 rings (SSSR count). The number of rotatable bonds is 4. The maximum atomic E-state index is 12.7. The summed E-state index contributed by atoms with van der Waals surface area (Å²) in [5.74, 6) is 0.179. The minimum atomic E-state index is -4.51. The predicted molar refractivity (Wildman–Crippen MR) is 95.5 cm³/mol. The first kappa shape index (κ1) is 19.6. The Balaban J connectivity index is 1.56. The highest BCUT2D eigenvalue weighted by Gasteiger charge is 2.34. The Morgan fingerprint density at radius 1 is 1.33 bits per heavy atom. The molecule has 12 heteroatoms. The number of likely N-dealkylation sites (N-methyl/N-ethyl adjacent to an activating group) is 1. The summed E-state index contributed by atoms with van der Waals surface area (Å²) in [6.07, 6.45) is -3.85. The zero-order valence-corrected chi connectivity index (χ0v) is 15.4. The Bertz CT molecular complexity index is 997. The van der Waals surface area contributed by atoms with Crippen LogP contribution in [-0.4, -0.2) is 48.2 Å². The van der Waals surface area contributed by atoms with Crippen molar-refractivity contribution in [1.82, 2.24) is 15.2 Å². The van der Waals surface area contributed by atoms with Crippen LogP contribution in [0.2, 0.25) is 0 Å². The molecule has 0 unspecified atom stereocenters. The zero-order valence-electron chi connectivity index (χ0n) is 15.4. The average Bonchev–Trinajstić information content (AvgIpc) is 3.28. The molecule has 30 heavy (non-hydrogen) atoms. The molecular weight excluding hydrogens is 409 g/mol. The van der Waals surface area contributed by atoms with Crippen LogP contribution in [-0.2, 0) is 11.0 Å². The largest absolute Gasteiger partial charge is 0.453 e. The molecule has 1 aromatic heterocycles. The second-order valence-electron chi connectivity index (χ2n) is 6.49. The summed E-state index contributed by atoms with van der Waals surface area (Å²) < 4.78 is 54.2. The van der Waals surface area contributed by atoms with E-state index in [-0.39, 0.29) is 48.2 Å². The van der Waals surface area contributed by atoms with Crippen LogP contribution in [0.1, 0.15) is 5.56 Å². The number of hydrogen-bond acceptors (Lipinski definition) is 6. The van der Waals surface area contributed by atoms with Gasteiger partial charge in [0.25, 0.3) is 0 Å². The molecule has 0 aliphatic carbocycles. The molecule has 3 amide bonds. The molecule has 1 fully saturated rings. The van der Waals surface area contributed by atoms with E-state index in [9.17, 15) is 22.8 Å². The van der Waals surface area contributed by atoms with E-state index in [1.807, 2.05) is 0 Å². The number of anilines is 1. The molecule has 3 heterocycles. The van der Waals surface area contributed by atoms with Gasteiger partial charge in [-0.05, 0) is 6.07 Å². The molecule has 0 spiro atoms. The molecule has 0 bridgehead atoms. The smallest absolute Gasteiger partial charge is 0.417 e. The van der Waals surface area contributed by atoms with E-state index in [1.165, 1.54) is 24.1 Å². The van der Waals surface area contributed by atoms with E-state index < -0.39 is 23.7 Å². The number of carbonyl (C=O) groups excluding carboxylic acids is 2. The lowest BCUT2D eigenvalue weighted by molar-refractivity contribution is -0.137. The molecule has 0 radical (unpaired) electrons. The van der Waals surface area contributed by atoms with E-state index >= 15 is 0 Å². The fraction of sp³-hybridized carbons (Fsp3) is 0.278. The molecule has 1 atom stereocenters. The van der Waals surface area contributed by atoms with Crippen molar-refractivity contribution in [3.8, 4) is 23.1 Å². The Labute approximate surface area is 167 Å². The Morgan fingerprint density at radius 3 is 2.77 bits per heavy atom. The standard InChI is InChI=1S/C18H15F3N4O5/c1-25-12(7-23-17(25)27)16(26)24-11-4-10(5-13-15(11)29-8-28-13)30-14-3-2-9(6-22-14)18(19,20)21/h2-6,12H,7-8H2,1H3,(H,23,27)(H,24,26)/t12-/m0/s1. The first-order valence-corrected chi connectivity index (χ1v) is 8.68. The number of urea groups is 1. The second-order valence-corrected chi connectivity index (χ2v) is 6.49. The fourth-order valence-corrected chi connectivity index (χ4v) is 2.94. The lowest BCUT2D eigenvalue weighted by Gasteiger charge is -2.18. The number of carbonyl (C=O) groups is 2. The van der Waals surface area contributed by atoms with Crippen LogP contribution in [0.15, 0.2) is 30.5 Å². The van der Waals surface area contributed by atoms with Gasteiger partial charge in [-0.15, -0.1) is 0 Å². The number of hydrogen-bond donors (Lipinski definition) is 2. The van der Waals surface area contributed by atoms with E-state index in [4.69, 9.17) is 14.2 Å². The SMILES string of the molecule is CN1C(=O)NC[C@H]1C(=O)Nc1cc(Oc2ccc(C(F)(F)F)cn2)cc2c1OCO2. The fourth-order valence-electron chi connectivity index (χ4n) is 2.94. The summed E-state index contributed by atoms with van der Waals surface area (Å²) in [6.45, 7) is 0.0654. The number of ether oxygens (including phenoxy) is 3. The maximum Gasteiger partial charge on any atom is 0.417 e. The van der Waals surface area contributed by atoms with Gasteiger partial charge in [-0.25, -0.2) is 9.78 Å². The van der Waals surface area contributed by atoms with Crippen LogP contribution in [0.5, 0.6) is 23.1 Å². The summed E-state index contributed by atoms with van der Waals surface area (Å²) in [5, 5.41) is 5.22. The number of alkyl halides is 3. The predicted octanol–water partition coefficient (Wildman–Crippen LogP) is 2.58. The highest BCUT2D eigenvalue weighted by atomic mass is 19.4. The number of fused-ring (bicyclic) bond motifs is 1. The van der Waals surface area contributed by atoms with Crippen molar-refractivity contribution in [2.24, 2.45) is 0 Å². The van der Waals surface area contributed by atoms with Crippen LogP contribution in [0.3, 0.4) is 0 Å². The lowest BCUT2D eigenvalue weighted by atomic mass is 10.2. The molecule has 9 nitrogen and oxygen atoms in total. The maximum absolute atomic E-state index is 12.7. The Morgan fingerprint density at radius 2 is 2.13 bits per heavy atom. The number of nitrogens with one attached hydrogen (secondary N) is 2. The van der Waals surface area contributed by atoms with Gasteiger partial charge in [0, 0.05) is 38.0 Å². The molecule has 2 N–H and O–H groups in total. The molecule has 1 aromatic carbocycles. The summed E-state index contributed by atoms with van der Waals surface area (Å²) in [7, 11) is 1.49. The van der Waals surface area contributed by atoms with Gasteiger partial charge in [-0.3, -0.25) is 4.79 Å². The minimum Gasteiger partial charge on any atom is -0.453 e. The van der Waals surface area contributed by atoms with E-state index in [0.29, 0.717) is 6.20 Å². The van der Waals surface area contributed by atoms with E-state index in [0.717, 1.165) is 12.1 Å². The van der Waals surface area contributed by atoms with Gasteiger partial charge in [0.2, 0.25) is 18.6 Å². The summed E-state index contributed by atoms with van der Waals surface area (Å²) in [5.41, 5.74) is -0.679. The first-order valence-electron chi connectivity index (χ1n) is 8.68. The molecule has 1 saturated heterocycles. The van der Waals surface area contributed by atoms with Crippen LogP contribution < -0.4 is 24.8 Å². The van der Waals surface area contributed by atoms with E-state index in [2.05, 4.69) is 15.6 Å². The molecule has 158 valence electrons. The highest BCUT2D eigenvalue weighted by Crippen LogP contribution is 2.43. The van der Waals surface area contributed by atoms with Crippen molar-refractivity contribution >= 4 is 17.6 Å². The normalized spacial score (nSPS) is 17.7. The molecular formula is C18H15F3N4O5. The van der Waals surface area contributed by atoms with Crippen molar-refractivity contribution in [3.05, 3.63) is 36.0 Å². The van der Waals surface area contributed by atoms with Gasteiger partial charge >= 0.3 is 12.2 Å². The van der Waals surface area contributed by atoms with Crippen molar-refractivity contribution in [2.45, 2.75) is 12.2 Å². The number of aromatic nitrogens is 1. The van der Waals surface area contributed by atoms with E-state index in [1.54, 1.807) is 0 Å². The molecule has 0 saturated carbocycles. The number of benzene rings is 1. The van der Waals surface area contributed by atoms with Crippen molar-refractivity contribution in [2.75, 3.05) is 25.7 Å². The van der Waals surface area contributed by atoms with Gasteiger partial charge < -0.3 is 29.7 Å². The van der Waals surface area contributed by atoms with Crippen molar-refractivity contribution in [3.63, 3.8) is 0 Å². The third-order valence-electron chi connectivity index (χ3n) is 4.53. The summed E-state index contributed by atoms with van der Waals surface area (Å²) in [4.78, 5) is 29.1. The second kappa shape index (κ2) is 7.28. The average molecular weight is 424 g/mol. The third-order valence-corrected chi connectivity index (χ3v) is 4.53. The lowest BCUT2D eigenvalue weighted by Crippen LogP contribution is -2.40. The Hall–Kier alpha value is -3.70. The van der Waals surface area contributed by atoms with Crippen LogP contribution in [0.25, 0.3) is 0 Å². The van der Waals surface area contributed by atoms with Gasteiger partial charge in [-0.2, -0.15) is 13.2 Å². The minimum absolute atomic E-state index is 0.0792. The third kappa shape index (κ3) is 3.75. The van der Waals surface area contributed by atoms with Crippen molar-refractivity contribution in [1.29, 1.82) is 0 Å². The van der Waals surface area contributed by atoms with Crippen LogP contribution in [0, 0.1) is 0 Å². The Kier molecular flexibility index (Phi) is 4.76. The first-order chi connectivity index (χ1) is 14.2. The topological polar surface area (TPSA) is 102 Å². The van der Waals surface area contributed by atoms with Crippen LogP contribution in [0.4, 0.5) is 23.7 Å². The molecule has 2 aliphatic heterocycles. The number of nitrogens with zero attached hydrogens (tertiary/aromatic N) is 2. The number of halogens is 3. The zero-order chi connectivity index (χ0) is 21.5. The molecule has 2 aromatic rings. The molecule has 2 aliphatic rings. The number of amides is 3. The highest BCUT2D eigenvalue weighted by molar-refractivity contribution is 6.00. The summed E-state index contributed by atoms with van der Waals surface area (Å²) in [6, 6.07) is 3.72. The number of pyridine rings is 1. The van der Waals surface area contributed by atoms with Gasteiger partial charge in [0.15, 0.2) is 11.5 Å².